The van der Waals surface area contributed by atoms with Crippen molar-refractivity contribution in [2.75, 3.05) is 58.4 Å². The third-order valence-electron chi connectivity index (χ3n) is 2.92. The van der Waals surface area contributed by atoms with Crippen LogP contribution < -0.4 is 10.6 Å². The highest BCUT2D eigenvalue weighted by atomic mass is 32.2. The second kappa shape index (κ2) is 9.61. The van der Waals surface area contributed by atoms with Crippen molar-refractivity contribution in [3.8, 4) is 0 Å². The maximum absolute atomic E-state index is 11.7. The van der Waals surface area contributed by atoms with Crippen LogP contribution in [0.1, 0.15) is 6.42 Å². The van der Waals surface area contributed by atoms with Crippen LogP contribution in [0.4, 0.5) is 0 Å². The molecule has 106 valence electrons. The van der Waals surface area contributed by atoms with Gasteiger partial charge in [0.25, 0.3) is 0 Å². The number of carbonyl (C=O) groups excluding carboxylic acids is 1. The predicted molar refractivity (Wildman–Crippen MR) is 76.1 cm³/mol. The van der Waals surface area contributed by atoms with Gasteiger partial charge in [-0.3, -0.25) is 4.79 Å². The van der Waals surface area contributed by atoms with Crippen LogP contribution >= 0.6 is 11.8 Å². The summed E-state index contributed by atoms with van der Waals surface area (Å²) >= 11 is 1.92. The van der Waals surface area contributed by atoms with E-state index in [1.807, 2.05) is 18.8 Å². The van der Waals surface area contributed by atoms with Crippen LogP contribution in [0.3, 0.4) is 0 Å². The van der Waals surface area contributed by atoms with Crippen molar-refractivity contribution in [1.82, 2.24) is 15.5 Å². The van der Waals surface area contributed by atoms with Crippen LogP contribution in [0.15, 0.2) is 0 Å². The minimum atomic E-state index is 0.148. The van der Waals surface area contributed by atoms with Gasteiger partial charge < -0.3 is 20.3 Å². The molecule has 6 heteroatoms. The van der Waals surface area contributed by atoms with Crippen LogP contribution in [0.2, 0.25) is 0 Å². The van der Waals surface area contributed by atoms with Gasteiger partial charge in [0.2, 0.25) is 5.91 Å². The van der Waals surface area contributed by atoms with Crippen molar-refractivity contribution in [3.05, 3.63) is 0 Å². The number of amides is 1. The molecule has 1 rings (SSSR count). The van der Waals surface area contributed by atoms with Gasteiger partial charge in [-0.25, -0.2) is 0 Å². The summed E-state index contributed by atoms with van der Waals surface area (Å²) in [6.45, 7) is 4.21. The van der Waals surface area contributed by atoms with E-state index in [-0.39, 0.29) is 5.91 Å². The standard InChI is InChI=1S/C12H25N3O2S/c1-15(6-7-17-2)5-3-14-12(16)9-11-10-18-8-4-13-11/h11,13H,3-10H2,1-2H3,(H,14,16). The Morgan fingerprint density at radius 2 is 2.39 bits per heavy atom. The lowest BCUT2D eigenvalue weighted by molar-refractivity contribution is -0.121. The van der Waals surface area contributed by atoms with Crippen LogP contribution in [-0.2, 0) is 9.53 Å². The van der Waals surface area contributed by atoms with E-state index >= 15 is 0 Å². The average Bonchev–Trinajstić information content (AvgIpc) is 2.37. The number of hydrogen-bond donors (Lipinski definition) is 2. The molecule has 1 atom stereocenters. The number of likely N-dealkylation sites (N-methyl/N-ethyl adjacent to an activating group) is 1. The fourth-order valence-corrected chi connectivity index (χ4v) is 2.74. The summed E-state index contributed by atoms with van der Waals surface area (Å²) in [5.74, 6) is 2.35. The number of nitrogens with one attached hydrogen (secondary N) is 2. The van der Waals surface area contributed by atoms with Gasteiger partial charge in [-0.15, -0.1) is 0 Å². The second-order valence-electron chi connectivity index (χ2n) is 4.58. The number of hydrogen-bond acceptors (Lipinski definition) is 5. The molecular formula is C12H25N3O2S. The Kier molecular flexibility index (Phi) is 8.41. The summed E-state index contributed by atoms with van der Waals surface area (Å²) in [6, 6.07) is 0.343. The molecule has 1 aliphatic heterocycles. The molecule has 0 bridgehead atoms. The Morgan fingerprint density at radius 1 is 1.56 bits per heavy atom. The molecule has 1 fully saturated rings. The van der Waals surface area contributed by atoms with Gasteiger partial charge in [0.1, 0.15) is 0 Å². The first-order chi connectivity index (χ1) is 8.72. The largest absolute Gasteiger partial charge is 0.383 e. The SMILES string of the molecule is COCCN(C)CCNC(=O)CC1CSCCN1. The van der Waals surface area contributed by atoms with Gasteiger partial charge in [0.05, 0.1) is 6.61 Å². The first-order valence-corrected chi connectivity index (χ1v) is 7.63. The number of thioether (sulfide) groups is 1. The highest BCUT2D eigenvalue weighted by Gasteiger charge is 2.16. The van der Waals surface area contributed by atoms with Crippen LogP contribution in [-0.4, -0.2) is 75.3 Å². The van der Waals surface area contributed by atoms with Gasteiger partial charge in [-0.05, 0) is 7.05 Å². The van der Waals surface area contributed by atoms with Gasteiger partial charge in [-0.1, -0.05) is 0 Å². The molecule has 1 saturated heterocycles. The Labute approximate surface area is 114 Å². The first-order valence-electron chi connectivity index (χ1n) is 6.47. The second-order valence-corrected chi connectivity index (χ2v) is 5.73. The van der Waals surface area contributed by atoms with Gasteiger partial charge in [0.15, 0.2) is 0 Å². The monoisotopic (exact) mass is 275 g/mol. The summed E-state index contributed by atoms with van der Waals surface area (Å²) in [4.78, 5) is 13.9. The summed E-state index contributed by atoms with van der Waals surface area (Å²) in [5, 5.41) is 6.34. The number of methoxy groups -OCH3 is 1. The summed E-state index contributed by atoms with van der Waals surface area (Å²) < 4.78 is 5.00. The van der Waals surface area contributed by atoms with E-state index in [9.17, 15) is 4.79 Å². The number of rotatable bonds is 8. The molecule has 0 spiro atoms. The molecule has 2 N–H and O–H groups in total. The minimum Gasteiger partial charge on any atom is -0.383 e. The fourth-order valence-electron chi connectivity index (χ4n) is 1.79. The van der Waals surface area contributed by atoms with Crippen molar-refractivity contribution in [2.45, 2.75) is 12.5 Å². The van der Waals surface area contributed by atoms with E-state index in [4.69, 9.17) is 4.74 Å². The lowest BCUT2D eigenvalue weighted by Crippen LogP contribution is -2.42. The van der Waals surface area contributed by atoms with E-state index in [2.05, 4.69) is 15.5 Å². The molecule has 1 amide bonds. The van der Waals surface area contributed by atoms with Crippen LogP contribution in [0, 0.1) is 0 Å². The normalized spacial score (nSPS) is 20.1. The molecule has 0 saturated carbocycles. The molecule has 0 aliphatic carbocycles. The smallest absolute Gasteiger partial charge is 0.221 e. The molecule has 0 radical (unpaired) electrons. The molecular weight excluding hydrogens is 250 g/mol. The highest BCUT2D eigenvalue weighted by molar-refractivity contribution is 7.99. The van der Waals surface area contributed by atoms with Crippen LogP contribution in [0.5, 0.6) is 0 Å². The molecule has 1 heterocycles. The predicted octanol–water partition coefficient (Wildman–Crippen LogP) is -0.224. The average molecular weight is 275 g/mol. The van der Waals surface area contributed by atoms with Gasteiger partial charge in [-0.2, -0.15) is 11.8 Å². The molecule has 1 aliphatic rings. The summed E-state index contributed by atoms with van der Waals surface area (Å²) in [7, 11) is 3.73. The van der Waals surface area contributed by atoms with Crippen molar-refractivity contribution >= 4 is 17.7 Å². The lowest BCUT2D eigenvalue weighted by atomic mass is 10.2. The minimum absolute atomic E-state index is 0.148. The zero-order valence-electron chi connectivity index (χ0n) is 11.4. The molecule has 0 aromatic carbocycles. The lowest BCUT2D eigenvalue weighted by Gasteiger charge is -2.22. The molecule has 5 nitrogen and oxygen atoms in total. The van der Waals surface area contributed by atoms with E-state index < -0.39 is 0 Å². The Bertz CT molecular complexity index is 235. The van der Waals surface area contributed by atoms with Crippen molar-refractivity contribution < 1.29 is 9.53 Å². The van der Waals surface area contributed by atoms with E-state index in [0.29, 0.717) is 19.0 Å². The number of carbonyl (C=O) groups is 1. The third-order valence-corrected chi connectivity index (χ3v) is 4.05. The van der Waals surface area contributed by atoms with Crippen molar-refractivity contribution in [2.24, 2.45) is 0 Å². The van der Waals surface area contributed by atoms with Gasteiger partial charge >= 0.3 is 0 Å². The van der Waals surface area contributed by atoms with Gasteiger partial charge in [0, 0.05) is 57.3 Å². The Morgan fingerprint density at radius 3 is 3.06 bits per heavy atom. The Balaban J connectivity index is 2.02. The van der Waals surface area contributed by atoms with E-state index in [0.717, 1.165) is 37.7 Å². The topological polar surface area (TPSA) is 53.6 Å². The maximum Gasteiger partial charge on any atom is 0.221 e. The third kappa shape index (κ3) is 7.20. The summed E-state index contributed by atoms with van der Waals surface area (Å²) in [5.41, 5.74) is 0. The highest BCUT2D eigenvalue weighted by Crippen LogP contribution is 2.09. The van der Waals surface area contributed by atoms with Crippen molar-refractivity contribution in [1.29, 1.82) is 0 Å². The van der Waals surface area contributed by atoms with Crippen molar-refractivity contribution in [3.63, 3.8) is 0 Å². The summed E-state index contributed by atoms with van der Waals surface area (Å²) in [6.07, 6.45) is 0.592. The quantitative estimate of drug-likeness (QED) is 0.641. The zero-order chi connectivity index (χ0) is 13.2. The Hall–Kier alpha value is -0.300. The molecule has 18 heavy (non-hydrogen) atoms. The molecule has 0 aromatic rings. The van der Waals surface area contributed by atoms with E-state index in [1.54, 1.807) is 7.11 Å². The first kappa shape index (κ1) is 15.8. The number of nitrogens with zero attached hydrogens (tertiary/aromatic N) is 1. The molecule has 1 unspecified atom stereocenters. The fraction of sp³-hybridized carbons (Fsp3) is 0.917. The van der Waals surface area contributed by atoms with E-state index in [1.165, 1.54) is 0 Å². The zero-order valence-corrected chi connectivity index (χ0v) is 12.2. The van der Waals surface area contributed by atoms with Crippen LogP contribution in [0.25, 0.3) is 0 Å². The number of ether oxygens (including phenoxy) is 1. The molecule has 0 aromatic heterocycles. The maximum atomic E-state index is 11.7.